The SMILES string of the molecule is CN=C(NCc1ccn[nH]1)NCC1(CC(C)C)CCCC1.I. The first-order valence-corrected chi connectivity index (χ1v) is 8.06. The predicted molar refractivity (Wildman–Crippen MR) is 103 cm³/mol. The van der Waals surface area contributed by atoms with E-state index in [-0.39, 0.29) is 24.0 Å². The van der Waals surface area contributed by atoms with Crippen LogP contribution in [0.3, 0.4) is 0 Å². The van der Waals surface area contributed by atoms with Gasteiger partial charge >= 0.3 is 0 Å². The molecule has 1 heterocycles. The zero-order chi connectivity index (χ0) is 15.1. The number of hydrogen-bond acceptors (Lipinski definition) is 2. The molecule has 0 bridgehead atoms. The van der Waals surface area contributed by atoms with Gasteiger partial charge in [0.15, 0.2) is 5.96 Å². The van der Waals surface area contributed by atoms with E-state index in [4.69, 9.17) is 0 Å². The van der Waals surface area contributed by atoms with Crippen molar-refractivity contribution >= 4 is 29.9 Å². The molecular weight excluding hydrogens is 389 g/mol. The minimum Gasteiger partial charge on any atom is -0.356 e. The Labute approximate surface area is 151 Å². The van der Waals surface area contributed by atoms with Crippen molar-refractivity contribution in [1.82, 2.24) is 20.8 Å². The molecule has 0 unspecified atom stereocenters. The summed E-state index contributed by atoms with van der Waals surface area (Å²) < 4.78 is 0. The second kappa shape index (κ2) is 9.37. The topological polar surface area (TPSA) is 65.1 Å². The van der Waals surface area contributed by atoms with E-state index in [1.807, 2.05) is 13.1 Å². The minimum atomic E-state index is 0. The van der Waals surface area contributed by atoms with Crippen molar-refractivity contribution in [3.8, 4) is 0 Å². The zero-order valence-corrected chi connectivity index (χ0v) is 16.3. The quantitative estimate of drug-likeness (QED) is 0.377. The molecule has 0 spiro atoms. The second-order valence-electron chi connectivity index (χ2n) is 6.67. The van der Waals surface area contributed by atoms with Crippen LogP contribution < -0.4 is 10.6 Å². The van der Waals surface area contributed by atoms with Crippen LogP contribution in [0, 0.1) is 11.3 Å². The van der Waals surface area contributed by atoms with Gasteiger partial charge in [-0.3, -0.25) is 10.1 Å². The first kappa shape index (κ1) is 19.3. The molecule has 1 aromatic rings. The van der Waals surface area contributed by atoms with Crippen LogP contribution in [0.15, 0.2) is 17.3 Å². The third-order valence-corrected chi connectivity index (χ3v) is 4.36. The third-order valence-electron chi connectivity index (χ3n) is 4.36. The number of aliphatic imine (C=N–C) groups is 1. The van der Waals surface area contributed by atoms with E-state index in [0.717, 1.165) is 30.7 Å². The van der Waals surface area contributed by atoms with Gasteiger partial charge in [0, 0.05) is 19.8 Å². The van der Waals surface area contributed by atoms with E-state index >= 15 is 0 Å². The molecule has 22 heavy (non-hydrogen) atoms. The van der Waals surface area contributed by atoms with Crippen molar-refractivity contribution in [2.45, 2.75) is 52.5 Å². The minimum absolute atomic E-state index is 0. The summed E-state index contributed by atoms with van der Waals surface area (Å²) in [5.74, 6) is 1.63. The lowest BCUT2D eigenvalue weighted by atomic mass is 9.78. The molecule has 3 N–H and O–H groups in total. The maximum absolute atomic E-state index is 4.32. The summed E-state index contributed by atoms with van der Waals surface area (Å²) in [5.41, 5.74) is 1.52. The number of guanidine groups is 1. The predicted octanol–water partition coefficient (Wildman–Crippen LogP) is 3.30. The highest BCUT2D eigenvalue weighted by atomic mass is 127. The Kier molecular flexibility index (Phi) is 8.20. The van der Waals surface area contributed by atoms with E-state index < -0.39 is 0 Å². The summed E-state index contributed by atoms with van der Waals surface area (Å²) in [4.78, 5) is 4.32. The maximum Gasteiger partial charge on any atom is 0.191 e. The van der Waals surface area contributed by atoms with Gasteiger partial charge in [0.05, 0.1) is 12.2 Å². The van der Waals surface area contributed by atoms with Gasteiger partial charge in [-0.25, -0.2) is 0 Å². The molecule has 6 heteroatoms. The van der Waals surface area contributed by atoms with Crippen molar-refractivity contribution in [1.29, 1.82) is 0 Å². The summed E-state index contributed by atoms with van der Waals surface area (Å²) in [6.07, 6.45) is 8.50. The van der Waals surface area contributed by atoms with Crippen molar-refractivity contribution in [2.24, 2.45) is 16.3 Å². The molecule has 126 valence electrons. The Balaban J connectivity index is 0.00000242. The molecule has 0 aliphatic heterocycles. The van der Waals surface area contributed by atoms with Crippen molar-refractivity contribution < 1.29 is 0 Å². The van der Waals surface area contributed by atoms with Gasteiger partial charge < -0.3 is 10.6 Å². The highest BCUT2D eigenvalue weighted by Crippen LogP contribution is 2.42. The van der Waals surface area contributed by atoms with Crippen LogP contribution in [-0.4, -0.2) is 29.7 Å². The number of hydrogen-bond donors (Lipinski definition) is 3. The fraction of sp³-hybridized carbons (Fsp3) is 0.750. The van der Waals surface area contributed by atoms with Crippen molar-refractivity contribution in [3.05, 3.63) is 18.0 Å². The van der Waals surface area contributed by atoms with Crippen LogP contribution in [0.5, 0.6) is 0 Å². The second-order valence-corrected chi connectivity index (χ2v) is 6.67. The van der Waals surface area contributed by atoms with Crippen LogP contribution in [0.4, 0.5) is 0 Å². The van der Waals surface area contributed by atoms with Gasteiger partial charge in [0.25, 0.3) is 0 Å². The molecular formula is C16H30IN5. The Hall–Kier alpha value is -0.790. The molecule has 0 aromatic carbocycles. The summed E-state index contributed by atoms with van der Waals surface area (Å²) in [6.45, 7) is 6.39. The van der Waals surface area contributed by atoms with Crippen LogP contribution in [0.2, 0.25) is 0 Å². The lowest BCUT2D eigenvalue weighted by molar-refractivity contribution is 0.235. The number of rotatable bonds is 6. The fourth-order valence-electron chi connectivity index (χ4n) is 3.50. The van der Waals surface area contributed by atoms with Crippen LogP contribution in [0.25, 0.3) is 0 Å². The highest BCUT2D eigenvalue weighted by molar-refractivity contribution is 14.0. The molecule has 2 rings (SSSR count). The van der Waals surface area contributed by atoms with Gasteiger partial charge in [0.1, 0.15) is 0 Å². The van der Waals surface area contributed by atoms with Crippen LogP contribution in [0.1, 0.15) is 51.6 Å². The molecule has 1 fully saturated rings. The van der Waals surface area contributed by atoms with E-state index in [1.54, 1.807) is 6.20 Å². The summed E-state index contributed by atoms with van der Waals surface area (Å²) in [6, 6.07) is 1.97. The molecule has 0 atom stereocenters. The van der Waals surface area contributed by atoms with Gasteiger partial charge in [-0.2, -0.15) is 5.10 Å². The fourth-order valence-corrected chi connectivity index (χ4v) is 3.50. The summed E-state index contributed by atoms with van der Waals surface area (Å²) in [5, 5.41) is 13.8. The van der Waals surface area contributed by atoms with Crippen molar-refractivity contribution in [3.63, 3.8) is 0 Å². The van der Waals surface area contributed by atoms with Crippen LogP contribution >= 0.6 is 24.0 Å². The summed E-state index contributed by atoms with van der Waals surface area (Å²) in [7, 11) is 1.83. The largest absolute Gasteiger partial charge is 0.356 e. The van der Waals surface area contributed by atoms with Crippen LogP contribution in [-0.2, 0) is 6.54 Å². The van der Waals surface area contributed by atoms with E-state index in [2.05, 4.69) is 39.7 Å². The number of nitrogens with one attached hydrogen (secondary N) is 3. The maximum atomic E-state index is 4.32. The normalized spacial score (nSPS) is 17.4. The average Bonchev–Trinajstić information content (AvgIpc) is 3.10. The van der Waals surface area contributed by atoms with Gasteiger partial charge in [-0.15, -0.1) is 24.0 Å². The lowest BCUT2D eigenvalue weighted by Crippen LogP contribution is -2.43. The third kappa shape index (κ3) is 5.78. The Morgan fingerprint density at radius 3 is 2.64 bits per heavy atom. The number of aromatic amines is 1. The first-order chi connectivity index (χ1) is 10.1. The average molecular weight is 419 g/mol. The summed E-state index contributed by atoms with van der Waals surface area (Å²) >= 11 is 0. The number of H-pyrrole nitrogens is 1. The molecule has 1 aromatic heterocycles. The lowest BCUT2D eigenvalue weighted by Gasteiger charge is -2.31. The number of nitrogens with zero attached hydrogens (tertiary/aromatic N) is 2. The molecule has 1 aliphatic carbocycles. The van der Waals surface area contributed by atoms with Crippen molar-refractivity contribution in [2.75, 3.05) is 13.6 Å². The Morgan fingerprint density at radius 2 is 2.09 bits per heavy atom. The molecule has 0 saturated heterocycles. The van der Waals surface area contributed by atoms with Gasteiger partial charge in [0.2, 0.25) is 0 Å². The number of halogens is 1. The first-order valence-electron chi connectivity index (χ1n) is 8.06. The van der Waals surface area contributed by atoms with Gasteiger partial charge in [-0.05, 0) is 36.7 Å². The number of aromatic nitrogens is 2. The van der Waals surface area contributed by atoms with E-state index in [9.17, 15) is 0 Å². The Morgan fingerprint density at radius 1 is 1.36 bits per heavy atom. The molecule has 0 amide bonds. The monoisotopic (exact) mass is 419 g/mol. The van der Waals surface area contributed by atoms with E-state index in [1.165, 1.54) is 32.1 Å². The molecule has 1 saturated carbocycles. The standard InChI is InChI=1S/C16H29N5.HI/c1-13(2)10-16(7-4-5-8-16)12-19-15(17-3)18-11-14-6-9-20-21-14;/h6,9,13H,4-5,7-8,10-12H2,1-3H3,(H,20,21)(H2,17,18,19);1H. The van der Waals surface area contributed by atoms with Gasteiger partial charge in [-0.1, -0.05) is 26.7 Å². The molecule has 5 nitrogen and oxygen atoms in total. The highest BCUT2D eigenvalue weighted by Gasteiger charge is 2.34. The van der Waals surface area contributed by atoms with E-state index in [0.29, 0.717) is 5.41 Å². The zero-order valence-electron chi connectivity index (χ0n) is 14.0. The molecule has 0 radical (unpaired) electrons. The molecule has 1 aliphatic rings. The smallest absolute Gasteiger partial charge is 0.191 e. The Bertz CT molecular complexity index is 435.